The minimum absolute atomic E-state index is 0.0483. The van der Waals surface area contributed by atoms with Crippen molar-refractivity contribution in [3.8, 4) is 33.1 Å². The first-order valence-corrected chi connectivity index (χ1v) is 13.4. The van der Waals surface area contributed by atoms with Gasteiger partial charge in [0.15, 0.2) is 5.78 Å². The van der Waals surface area contributed by atoms with Crippen molar-refractivity contribution in [2.24, 2.45) is 7.05 Å². The zero-order valence-electron chi connectivity index (χ0n) is 22.4. The third-order valence-electron chi connectivity index (χ3n) is 6.53. The molecule has 200 valence electrons. The van der Waals surface area contributed by atoms with E-state index in [2.05, 4.69) is 31.3 Å². The van der Waals surface area contributed by atoms with Crippen LogP contribution < -0.4 is 5.32 Å². The highest BCUT2D eigenvalue weighted by atomic mass is 32.1. The number of aromatic nitrogens is 6. The van der Waals surface area contributed by atoms with Crippen LogP contribution in [0.1, 0.15) is 16.6 Å². The molecule has 0 bridgehead atoms. The molecule has 0 aliphatic heterocycles. The molecule has 0 aliphatic rings. The van der Waals surface area contributed by atoms with Crippen molar-refractivity contribution in [3.05, 3.63) is 66.2 Å². The first kappa shape index (κ1) is 25.5. The highest BCUT2D eigenvalue weighted by Gasteiger charge is 2.18. The number of Topliss-reactive ketones (excluding diaryl/α,β-unsaturated/α-hetero) is 1. The van der Waals surface area contributed by atoms with Crippen LogP contribution in [0.25, 0.3) is 54.9 Å². The Labute approximate surface area is 233 Å². The number of amides is 1. The van der Waals surface area contributed by atoms with E-state index in [1.165, 1.54) is 11.3 Å². The molecule has 6 aromatic heterocycles. The number of nitrogens with zero attached hydrogens (tertiary/aromatic N) is 6. The smallest absolute Gasteiger partial charge is 0.238 e. The predicted octanol–water partition coefficient (Wildman–Crippen LogP) is 5.00. The number of aryl methyl sites for hydroxylation is 1. The van der Waals surface area contributed by atoms with Gasteiger partial charge in [0.1, 0.15) is 5.69 Å². The Morgan fingerprint density at radius 1 is 1.02 bits per heavy atom. The van der Waals surface area contributed by atoms with Crippen LogP contribution >= 0.6 is 11.3 Å². The largest absolute Gasteiger partial charge is 0.352 e. The Hall–Kier alpha value is -4.74. The molecule has 6 rings (SSSR count). The summed E-state index contributed by atoms with van der Waals surface area (Å²) in [6.07, 6.45) is 8.76. The fourth-order valence-electron chi connectivity index (χ4n) is 4.69. The number of likely N-dealkylation sites (N-methyl/N-ethyl adjacent to an activating group) is 1. The number of thiophene rings is 1. The van der Waals surface area contributed by atoms with Gasteiger partial charge in [-0.05, 0) is 51.4 Å². The Morgan fingerprint density at radius 2 is 1.85 bits per heavy atom. The molecule has 0 aromatic carbocycles. The summed E-state index contributed by atoms with van der Waals surface area (Å²) in [5, 5.41) is 9.62. The van der Waals surface area contributed by atoms with E-state index >= 15 is 0 Å². The second-order valence-corrected chi connectivity index (χ2v) is 10.9. The van der Waals surface area contributed by atoms with E-state index in [0.29, 0.717) is 16.3 Å². The zero-order valence-corrected chi connectivity index (χ0v) is 23.2. The highest BCUT2D eigenvalue weighted by Crippen LogP contribution is 2.37. The maximum absolute atomic E-state index is 12.2. The van der Waals surface area contributed by atoms with Gasteiger partial charge in [0.05, 0.1) is 58.1 Å². The number of anilines is 1. The van der Waals surface area contributed by atoms with Crippen LogP contribution in [0.3, 0.4) is 0 Å². The molecule has 0 unspecified atom stereocenters. The number of ketones is 1. The molecule has 11 heteroatoms. The molecular formula is C29H26N8O2S. The monoisotopic (exact) mass is 550 g/mol. The van der Waals surface area contributed by atoms with Crippen LogP contribution in [0.5, 0.6) is 0 Å². The van der Waals surface area contributed by atoms with Gasteiger partial charge in [0.25, 0.3) is 0 Å². The van der Waals surface area contributed by atoms with E-state index in [-0.39, 0.29) is 18.2 Å². The molecule has 2 N–H and O–H groups in total. The Balaban J connectivity index is 1.40. The molecule has 0 saturated carbocycles. The van der Waals surface area contributed by atoms with Gasteiger partial charge in [-0.25, -0.2) is 0 Å². The first-order valence-electron chi connectivity index (χ1n) is 12.6. The van der Waals surface area contributed by atoms with Gasteiger partial charge in [0, 0.05) is 46.2 Å². The standard InChI is InChI=1S/C29H26N8O2S/c1-16(38)26-5-6-27(40-26)21-12-31-13-24-19(21)8-23(34-24)29-20-9-22(32-14-25(20)37(4)35-29)17-7-18(11-30-10-17)33-28(39)15-36(2)3/h5-14,34H,15H2,1-4H3,(H,33,39). The summed E-state index contributed by atoms with van der Waals surface area (Å²) >= 11 is 1.46. The normalized spacial score (nSPS) is 11.5. The lowest BCUT2D eigenvalue weighted by Crippen LogP contribution is -2.27. The lowest BCUT2D eigenvalue weighted by molar-refractivity contribution is -0.116. The van der Waals surface area contributed by atoms with Crippen molar-refractivity contribution in [3.63, 3.8) is 0 Å². The van der Waals surface area contributed by atoms with Crippen LogP contribution in [0.15, 0.2) is 61.3 Å². The fraction of sp³-hybridized carbons (Fsp3) is 0.172. The summed E-state index contributed by atoms with van der Waals surface area (Å²) in [6.45, 7) is 1.85. The number of carbonyl (C=O) groups is 2. The van der Waals surface area contributed by atoms with E-state index in [1.54, 1.807) is 41.3 Å². The number of H-pyrrole nitrogens is 1. The summed E-state index contributed by atoms with van der Waals surface area (Å²) in [5.41, 5.74) is 6.44. The van der Waals surface area contributed by atoms with Gasteiger partial charge >= 0.3 is 0 Å². The fourth-order valence-corrected chi connectivity index (χ4v) is 5.62. The second kappa shape index (κ2) is 10.1. The summed E-state index contributed by atoms with van der Waals surface area (Å²) < 4.78 is 1.81. The number of hydrogen-bond acceptors (Lipinski definition) is 8. The number of pyridine rings is 3. The van der Waals surface area contributed by atoms with Gasteiger partial charge in [-0.2, -0.15) is 5.10 Å². The molecule has 0 aliphatic carbocycles. The van der Waals surface area contributed by atoms with E-state index in [9.17, 15) is 9.59 Å². The molecule has 40 heavy (non-hydrogen) atoms. The topological polar surface area (TPSA) is 122 Å². The lowest BCUT2D eigenvalue weighted by atomic mass is 10.1. The van der Waals surface area contributed by atoms with Crippen molar-refractivity contribution < 1.29 is 9.59 Å². The molecule has 6 aromatic rings. The summed E-state index contributed by atoms with van der Waals surface area (Å²) in [5.74, 6) is -0.0677. The van der Waals surface area contributed by atoms with E-state index in [1.807, 2.05) is 51.6 Å². The van der Waals surface area contributed by atoms with Crippen LogP contribution in [-0.2, 0) is 11.8 Å². The van der Waals surface area contributed by atoms with Gasteiger partial charge < -0.3 is 15.2 Å². The summed E-state index contributed by atoms with van der Waals surface area (Å²) in [4.78, 5) is 44.5. The average Bonchev–Trinajstić information content (AvgIpc) is 3.65. The molecule has 0 radical (unpaired) electrons. The number of hydrogen-bond donors (Lipinski definition) is 2. The maximum atomic E-state index is 12.2. The molecule has 0 fully saturated rings. The quantitative estimate of drug-likeness (QED) is 0.268. The molecule has 10 nitrogen and oxygen atoms in total. The molecule has 0 spiro atoms. The Bertz CT molecular complexity index is 1920. The van der Waals surface area contributed by atoms with Gasteiger partial charge in [-0.15, -0.1) is 11.3 Å². The van der Waals surface area contributed by atoms with E-state index in [4.69, 9.17) is 5.10 Å². The molecule has 0 atom stereocenters. The first-order chi connectivity index (χ1) is 19.3. The van der Waals surface area contributed by atoms with Crippen molar-refractivity contribution in [1.29, 1.82) is 0 Å². The molecular weight excluding hydrogens is 524 g/mol. The number of rotatable bonds is 7. The summed E-state index contributed by atoms with van der Waals surface area (Å²) in [7, 11) is 5.58. The highest BCUT2D eigenvalue weighted by molar-refractivity contribution is 7.17. The molecule has 1 amide bonds. The van der Waals surface area contributed by atoms with Gasteiger partial charge in [-0.3, -0.25) is 29.2 Å². The van der Waals surface area contributed by atoms with Crippen molar-refractivity contribution in [2.45, 2.75) is 6.92 Å². The zero-order chi connectivity index (χ0) is 28.0. The number of nitrogens with one attached hydrogen (secondary N) is 2. The maximum Gasteiger partial charge on any atom is 0.238 e. The minimum atomic E-state index is -0.116. The summed E-state index contributed by atoms with van der Waals surface area (Å²) in [6, 6.07) is 9.74. The third-order valence-corrected chi connectivity index (χ3v) is 7.75. The van der Waals surface area contributed by atoms with E-state index < -0.39 is 0 Å². The Morgan fingerprint density at radius 3 is 2.62 bits per heavy atom. The second-order valence-electron chi connectivity index (χ2n) is 9.86. The van der Waals surface area contributed by atoms with Crippen LogP contribution in [0.4, 0.5) is 5.69 Å². The molecule has 0 saturated heterocycles. The number of carbonyl (C=O) groups excluding carboxylic acids is 2. The average molecular weight is 551 g/mol. The van der Waals surface area contributed by atoms with Crippen LogP contribution in [-0.4, -0.2) is 66.9 Å². The SMILES string of the molecule is CC(=O)c1ccc(-c2cncc3[nH]c(-c4nn(C)c5cnc(-c6cncc(NC(=O)CN(C)C)c6)cc45)cc23)s1. The Kier molecular flexibility index (Phi) is 6.45. The number of fused-ring (bicyclic) bond motifs is 2. The molecule has 6 heterocycles. The van der Waals surface area contributed by atoms with Crippen molar-refractivity contribution in [1.82, 2.24) is 34.6 Å². The lowest BCUT2D eigenvalue weighted by Gasteiger charge is -2.10. The van der Waals surface area contributed by atoms with Crippen LogP contribution in [0, 0.1) is 0 Å². The van der Waals surface area contributed by atoms with Gasteiger partial charge in [-0.1, -0.05) is 0 Å². The third kappa shape index (κ3) is 4.76. The van der Waals surface area contributed by atoms with Crippen molar-refractivity contribution >= 4 is 50.5 Å². The van der Waals surface area contributed by atoms with Gasteiger partial charge in [0.2, 0.25) is 5.91 Å². The van der Waals surface area contributed by atoms with Crippen LogP contribution in [0.2, 0.25) is 0 Å². The minimum Gasteiger partial charge on any atom is -0.352 e. The van der Waals surface area contributed by atoms with Crippen molar-refractivity contribution in [2.75, 3.05) is 26.0 Å². The van der Waals surface area contributed by atoms with E-state index in [0.717, 1.165) is 49.2 Å². The number of aromatic amines is 1. The predicted molar refractivity (Wildman–Crippen MR) is 157 cm³/mol.